The molecule has 5 nitrogen and oxygen atoms in total. The first-order valence-electron chi connectivity index (χ1n) is 4.99. The third-order valence-electron chi connectivity index (χ3n) is 2.01. The Morgan fingerprint density at radius 1 is 1.40 bits per heavy atom. The number of hydrogen-bond donors (Lipinski definition) is 2. The third-order valence-corrected chi connectivity index (χ3v) is 2.26. The number of ether oxygens (including phenoxy) is 1. The van der Waals surface area contributed by atoms with Gasteiger partial charge in [0.05, 0.1) is 7.11 Å². The van der Waals surface area contributed by atoms with Crippen LogP contribution in [0, 0.1) is 0 Å². The Bertz CT molecular complexity index is 208. The molecule has 88 valence electrons. The fourth-order valence-electron chi connectivity index (χ4n) is 1.06. The molecular formula is C9H19N3O2S. The summed E-state index contributed by atoms with van der Waals surface area (Å²) < 4.78 is 4.40. The van der Waals surface area contributed by atoms with E-state index in [0.717, 1.165) is 19.6 Å². The second kappa shape index (κ2) is 8.43. The van der Waals surface area contributed by atoms with Gasteiger partial charge in [-0.15, -0.1) is 0 Å². The normalized spacial score (nSPS) is 9.87. The van der Waals surface area contributed by atoms with Crippen molar-refractivity contribution in [2.75, 3.05) is 33.3 Å². The number of rotatable bonds is 5. The van der Waals surface area contributed by atoms with Crippen LogP contribution in [0.5, 0.6) is 0 Å². The van der Waals surface area contributed by atoms with E-state index in [1.807, 2.05) is 0 Å². The van der Waals surface area contributed by atoms with Crippen LogP contribution in [-0.4, -0.2) is 49.4 Å². The van der Waals surface area contributed by atoms with Crippen LogP contribution in [0.25, 0.3) is 0 Å². The van der Waals surface area contributed by atoms with E-state index in [0.29, 0.717) is 11.7 Å². The summed E-state index contributed by atoms with van der Waals surface area (Å²) in [5.41, 5.74) is 0. The Labute approximate surface area is 96.2 Å². The SMILES string of the molecule is CCN(CC)CCNC(=S)NC(=O)OC. The van der Waals surface area contributed by atoms with Gasteiger partial charge in [0, 0.05) is 13.1 Å². The summed E-state index contributed by atoms with van der Waals surface area (Å²) in [5.74, 6) is 0. The Hall–Kier alpha value is -0.880. The summed E-state index contributed by atoms with van der Waals surface area (Å²) in [6.07, 6.45) is -0.546. The molecule has 0 aliphatic rings. The van der Waals surface area contributed by atoms with Gasteiger partial charge in [-0.05, 0) is 25.3 Å². The fourth-order valence-corrected chi connectivity index (χ4v) is 1.24. The highest BCUT2D eigenvalue weighted by atomic mass is 32.1. The van der Waals surface area contributed by atoms with Crippen molar-refractivity contribution < 1.29 is 9.53 Å². The summed E-state index contributed by atoms with van der Waals surface area (Å²) in [6.45, 7) is 7.84. The molecule has 0 unspecified atom stereocenters. The highest BCUT2D eigenvalue weighted by Crippen LogP contribution is 1.84. The first-order chi connectivity index (χ1) is 7.13. The van der Waals surface area contributed by atoms with Gasteiger partial charge in [0.2, 0.25) is 0 Å². The zero-order valence-corrected chi connectivity index (χ0v) is 10.3. The second-order valence-corrected chi connectivity index (χ2v) is 3.31. The van der Waals surface area contributed by atoms with E-state index >= 15 is 0 Å². The fraction of sp³-hybridized carbons (Fsp3) is 0.778. The van der Waals surface area contributed by atoms with Gasteiger partial charge in [0.15, 0.2) is 5.11 Å². The molecule has 0 saturated heterocycles. The Morgan fingerprint density at radius 2 is 2.00 bits per heavy atom. The van der Waals surface area contributed by atoms with Gasteiger partial charge in [-0.1, -0.05) is 13.8 Å². The van der Waals surface area contributed by atoms with Crippen LogP contribution in [-0.2, 0) is 4.74 Å². The molecule has 0 aromatic carbocycles. The largest absolute Gasteiger partial charge is 0.453 e. The molecule has 0 aliphatic heterocycles. The maximum Gasteiger partial charge on any atom is 0.413 e. The molecule has 1 amide bonds. The molecule has 0 aromatic heterocycles. The van der Waals surface area contributed by atoms with E-state index in [2.05, 4.69) is 34.1 Å². The lowest BCUT2D eigenvalue weighted by molar-refractivity contribution is 0.176. The van der Waals surface area contributed by atoms with Gasteiger partial charge in [0.1, 0.15) is 0 Å². The minimum absolute atomic E-state index is 0.300. The lowest BCUT2D eigenvalue weighted by Gasteiger charge is -2.18. The van der Waals surface area contributed by atoms with Crippen LogP contribution in [0.2, 0.25) is 0 Å². The van der Waals surface area contributed by atoms with Gasteiger partial charge < -0.3 is 15.0 Å². The summed E-state index contributed by atoms with van der Waals surface area (Å²) >= 11 is 4.88. The van der Waals surface area contributed by atoms with Crippen molar-refractivity contribution in [2.45, 2.75) is 13.8 Å². The van der Waals surface area contributed by atoms with E-state index < -0.39 is 6.09 Å². The number of carbonyl (C=O) groups excluding carboxylic acids is 1. The Balaban J connectivity index is 3.58. The predicted octanol–water partition coefficient (Wildman–Crippen LogP) is 0.559. The minimum Gasteiger partial charge on any atom is -0.453 e. The number of alkyl carbamates (subject to hydrolysis) is 1. The zero-order valence-electron chi connectivity index (χ0n) is 9.50. The van der Waals surface area contributed by atoms with E-state index in [-0.39, 0.29) is 0 Å². The molecule has 0 atom stereocenters. The molecule has 6 heteroatoms. The second-order valence-electron chi connectivity index (χ2n) is 2.90. The van der Waals surface area contributed by atoms with Crippen molar-refractivity contribution in [2.24, 2.45) is 0 Å². The summed E-state index contributed by atoms with van der Waals surface area (Å²) in [6, 6.07) is 0. The van der Waals surface area contributed by atoms with Gasteiger partial charge in [-0.3, -0.25) is 5.32 Å². The number of nitrogens with zero attached hydrogens (tertiary/aromatic N) is 1. The smallest absolute Gasteiger partial charge is 0.413 e. The number of likely N-dealkylation sites (N-methyl/N-ethyl adjacent to an activating group) is 1. The molecule has 0 fully saturated rings. The number of nitrogens with one attached hydrogen (secondary N) is 2. The molecule has 0 heterocycles. The number of carbonyl (C=O) groups is 1. The van der Waals surface area contributed by atoms with Crippen molar-refractivity contribution in [3.05, 3.63) is 0 Å². The number of hydrogen-bond acceptors (Lipinski definition) is 4. The molecular weight excluding hydrogens is 214 g/mol. The van der Waals surface area contributed by atoms with E-state index in [1.54, 1.807) is 0 Å². The summed E-state index contributed by atoms with van der Waals surface area (Å²) in [4.78, 5) is 13.0. The van der Waals surface area contributed by atoms with Crippen LogP contribution in [0.4, 0.5) is 4.79 Å². The summed E-state index contributed by atoms with van der Waals surface area (Å²) in [5, 5.41) is 5.60. The van der Waals surface area contributed by atoms with E-state index in [9.17, 15) is 4.79 Å². The molecule has 2 N–H and O–H groups in total. The van der Waals surface area contributed by atoms with Crippen molar-refractivity contribution in [1.29, 1.82) is 0 Å². The van der Waals surface area contributed by atoms with Crippen LogP contribution >= 0.6 is 12.2 Å². The average Bonchev–Trinajstić information content (AvgIpc) is 2.24. The van der Waals surface area contributed by atoms with Gasteiger partial charge in [-0.2, -0.15) is 0 Å². The molecule has 0 aromatic rings. The van der Waals surface area contributed by atoms with E-state index in [1.165, 1.54) is 7.11 Å². The van der Waals surface area contributed by atoms with Crippen molar-refractivity contribution in [3.63, 3.8) is 0 Å². The molecule has 0 saturated carbocycles. The van der Waals surface area contributed by atoms with Crippen molar-refractivity contribution in [3.8, 4) is 0 Å². The quantitative estimate of drug-likeness (QED) is 0.680. The Kier molecular flexibility index (Phi) is 7.94. The third kappa shape index (κ3) is 7.10. The van der Waals surface area contributed by atoms with Gasteiger partial charge in [0.25, 0.3) is 0 Å². The zero-order chi connectivity index (χ0) is 11.7. The lowest BCUT2D eigenvalue weighted by Crippen LogP contribution is -2.42. The van der Waals surface area contributed by atoms with E-state index in [4.69, 9.17) is 12.2 Å². The molecule has 0 rings (SSSR count). The number of thiocarbonyl (C=S) groups is 1. The van der Waals surface area contributed by atoms with Crippen LogP contribution in [0.15, 0.2) is 0 Å². The Morgan fingerprint density at radius 3 is 2.47 bits per heavy atom. The predicted molar refractivity (Wildman–Crippen MR) is 63.9 cm³/mol. The summed E-state index contributed by atoms with van der Waals surface area (Å²) in [7, 11) is 1.30. The molecule has 0 radical (unpaired) electrons. The first kappa shape index (κ1) is 14.1. The lowest BCUT2D eigenvalue weighted by atomic mass is 10.5. The molecule has 0 aliphatic carbocycles. The molecule has 0 spiro atoms. The van der Waals surface area contributed by atoms with Crippen LogP contribution in [0.1, 0.15) is 13.8 Å². The number of methoxy groups -OCH3 is 1. The topological polar surface area (TPSA) is 53.6 Å². The minimum atomic E-state index is -0.546. The van der Waals surface area contributed by atoms with Crippen molar-refractivity contribution >= 4 is 23.4 Å². The van der Waals surface area contributed by atoms with Crippen LogP contribution in [0.3, 0.4) is 0 Å². The average molecular weight is 233 g/mol. The van der Waals surface area contributed by atoms with Gasteiger partial charge in [-0.25, -0.2) is 4.79 Å². The standard InChI is InChI=1S/C9H19N3O2S/c1-4-12(5-2)7-6-10-8(15)11-9(13)14-3/h4-7H2,1-3H3,(H2,10,11,13,15). The van der Waals surface area contributed by atoms with Crippen molar-refractivity contribution in [1.82, 2.24) is 15.5 Å². The van der Waals surface area contributed by atoms with Crippen LogP contribution < -0.4 is 10.6 Å². The maximum absolute atomic E-state index is 10.8. The monoisotopic (exact) mass is 233 g/mol. The maximum atomic E-state index is 10.8. The number of amides is 1. The highest BCUT2D eigenvalue weighted by Gasteiger charge is 2.03. The molecule has 15 heavy (non-hydrogen) atoms. The highest BCUT2D eigenvalue weighted by molar-refractivity contribution is 7.80. The first-order valence-corrected chi connectivity index (χ1v) is 5.40. The van der Waals surface area contributed by atoms with Gasteiger partial charge >= 0.3 is 6.09 Å². The molecule has 0 bridgehead atoms.